The zero-order valence-corrected chi connectivity index (χ0v) is 11.0. The zero-order valence-electron chi connectivity index (χ0n) is 11.0. The Morgan fingerprint density at radius 1 is 1.44 bits per heavy atom. The first-order valence-electron chi connectivity index (χ1n) is 6.53. The van der Waals surface area contributed by atoms with Crippen LogP contribution in [0.4, 0.5) is 0 Å². The van der Waals surface area contributed by atoms with Crippen LogP contribution in [-0.2, 0) is 19.9 Å². The first-order valence-corrected chi connectivity index (χ1v) is 6.53. The molecule has 3 rings (SSSR count). The molecule has 0 radical (unpaired) electrons. The highest BCUT2D eigenvalue weighted by atomic mass is 15.0. The highest BCUT2D eigenvalue weighted by Gasteiger charge is 2.20. The van der Waals surface area contributed by atoms with Crippen molar-refractivity contribution in [1.82, 2.24) is 14.9 Å². The van der Waals surface area contributed by atoms with Crippen LogP contribution in [0.25, 0.3) is 0 Å². The number of hydrogen-bond acceptors (Lipinski definition) is 2. The number of nitrogens with zero attached hydrogens (tertiary/aromatic N) is 2. The molecule has 0 bridgehead atoms. The molecule has 3 nitrogen and oxygen atoms in total. The molecule has 0 saturated carbocycles. The summed E-state index contributed by atoms with van der Waals surface area (Å²) >= 11 is 0. The van der Waals surface area contributed by atoms with E-state index in [2.05, 4.69) is 33.1 Å². The average molecular weight is 241 g/mol. The molecule has 0 amide bonds. The van der Waals surface area contributed by atoms with Crippen LogP contribution in [0.3, 0.4) is 0 Å². The number of nitrogens with one attached hydrogen (secondary N) is 1. The standard InChI is InChI=1S/C15H19N3/c1-16-14-6-4-12-9-11(3-5-13(12)14)10-15-17-7-8-18(15)2/h3,5,7-9,14,16H,4,6,10H2,1-2H3. The van der Waals surface area contributed by atoms with E-state index in [4.69, 9.17) is 0 Å². The molecule has 3 heteroatoms. The number of rotatable bonds is 3. The third kappa shape index (κ3) is 1.95. The fourth-order valence-electron chi connectivity index (χ4n) is 2.83. The predicted octanol–water partition coefficient (Wildman–Crippen LogP) is 2.22. The molecule has 1 heterocycles. The smallest absolute Gasteiger partial charge is 0.112 e. The maximum Gasteiger partial charge on any atom is 0.112 e. The Morgan fingerprint density at radius 3 is 3.06 bits per heavy atom. The lowest BCUT2D eigenvalue weighted by Crippen LogP contribution is -2.12. The van der Waals surface area contributed by atoms with Gasteiger partial charge in [-0.3, -0.25) is 0 Å². The molecule has 1 unspecified atom stereocenters. The molecule has 18 heavy (non-hydrogen) atoms. The quantitative estimate of drug-likeness (QED) is 0.893. The van der Waals surface area contributed by atoms with E-state index >= 15 is 0 Å². The maximum absolute atomic E-state index is 4.39. The Kier molecular flexibility index (Phi) is 2.92. The van der Waals surface area contributed by atoms with E-state index in [-0.39, 0.29) is 0 Å². The first kappa shape index (κ1) is 11.5. The van der Waals surface area contributed by atoms with E-state index < -0.39 is 0 Å². The lowest BCUT2D eigenvalue weighted by atomic mass is 10.0. The molecular formula is C15H19N3. The molecule has 1 N–H and O–H groups in total. The van der Waals surface area contributed by atoms with Gasteiger partial charge in [0.15, 0.2) is 0 Å². The Labute approximate surface area is 108 Å². The normalized spacial score (nSPS) is 18.0. The van der Waals surface area contributed by atoms with Crippen LogP contribution in [0.2, 0.25) is 0 Å². The third-order valence-corrected chi connectivity index (χ3v) is 3.92. The highest BCUT2D eigenvalue weighted by molar-refractivity contribution is 5.38. The lowest BCUT2D eigenvalue weighted by molar-refractivity contribution is 0.590. The molecule has 0 saturated heterocycles. The summed E-state index contributed by atoms with van der Waals surface area (Å²) in [5.74, 6) is 1.12. The maximum atomic E-state index is 4.39. The Bertz CT molecular complexity index is 557. The Hall–Kier alpha value is -1.61. The van der Waals surface area contributed by atoms with Gasteiger partial charge in [-0.1, -0.05) is 18.2 Å². The van der Waals surface area contributed by atoms with E-state index in [1.807, 2.05) is 26.5 Å². The van der Waals surface area contributed by atoms with Crippen molar-refractivity contribution >= 4 is 0 Å². The summed E-state index contributed by atoms with van der Waals surface area (Å²) in [7, 11) is 4.09. The Morgan fingerprint density at radius 2 is 2.33 bits per heavy atom. The fraction of sp³-hybridized carbons (Fsp3) is 0.400. The molecular weight excluding hydrogens is 222 g/mol. The van der Waals surface area contributed by atoms with Gasteiger partial charge in [-0.15, -0.1) is 0 Å². The minimum Gasteiger partial charge on any atom is -0.338 e. The van der Waals surface area contributed by atoms with Gasteiger partial charge in [0.1, 0.15) is 5.82 Å². The van der Waals surface area contributed by atoms with Crippen LogP contribution in [-0.4, -0.2) is 16.6 Å². The molecule has 1 aromatic carbocycles. The lowest BCUT2D eigenvalue weighted by Gasteiger charge is -2.10. The van der Waals surface area contributed by atoms with Crippen molar-refractivity contribution in [2.24, 2.45) is 7.05 Å². The van der Waals surface area contributed by atoms with Crippen molar-refractivity contribution in [2.45, 2.75) is 25.3 Å². The van der Waals surface area contributed by atoms with E-state index in [1.54, 1.807) is 0 Å². The molecule has 1 atom stereocenters. The average Bonchev–Trinajstić information content (AvgIpc) is 2.96. The van der Waals surface area contributed by atoms with Gasteiger partial charge in [-0.25, -0.2) is 4.98 Å². The van der Waals surface area contributed by atoms with Gasteiger partial charge in [0.25, 0.3) is 0 Å². The largest absolute Gasteiger partial charge is 0.338 e. The minimum atomic E-state index is 0.544. The zero-order chi connectivity index (χ0) is 12.5. The van der Waals surface area contributed by atoms with E-state index in [0.29, 0.717) is 6.04 Å². The van der Waals surface area contributed by atoms with Gasteiger partial charge < -0.3 is 9.88 Å². The second-order valence-corrected chi connectivity index (χ2v) is 5.04. The van der Waals surface area contributed by atoms with Crippen LogP contribution in [0.5, 0.6) is 0 Å². The van der Waals surface area contributed by atoms with Crippen LogP contribution in [0.15, 0.2) is 30.6 Å². The van der Waals surface area contributed by atoms with E-state index in [0.717, 1.165) is 12.2 Å². The third-order valence-electron chi connectivity index (χ3n) is 3.92. The molecule has 1 aliphatic rings. The summed E-state index contributed by atoms with van der Waals surface area (Å²) < 4.78 is 2.09. The topological polar surface area (TPSA) is 29.9 Å². The van der Waals surface area contributed by atoms with Crippen molar-refractivity contribution in [3.8, 4) is 0 Å². The minimum absolute atomic E-state index is 0.544. The van der Waals surface area contributed by atoms with Gasteiger partial charge in [0.05, 0.1) is 0 Å². The SMILES string of the molecule is CNC1CCc2cc(Cc3nccn3C)ccc21. The number of hydrogen-bond donors (Lipinski definition) is 1. The fourth-order valence-corrected chi connectivity index (χ4v) is 2.83. The monoisotopic (exact) mass is 241 g/mol. The summed E-state index contributed by atoms with van der Waals surface area (Å²) in [5, 5.41) is 3.38. The van der Waals surface area contributed by atoms with Crippen molar-refractivity contribution in [1.29, 1.82) is 0 Å². The first-order chi connectivity index (χ1) is 8.78. The van der Waals surface area contributed by atoms with Gasteiger partial charge in [0.2, 0.25) is 0 Å². The second-order valence-electron chi connectivity index (χ2n) is 5.04. The number of fused-ring (bicyclic) bond motifs is 1. The summed E-state index contributed by atoms with van der Waals surface area (Å²) in [6.45, 7) is 0. The molecule has 2 aromatic rings. The van der Waals surface area contributed by atoms with Gasteiger partial charge in [-0.05, 0) is 36.6 Å². The summed E-state index contributed by atoms with van der Waals surface area (Å²) in [6.07, 6.45) is 7.19. The van der Waals surface area contributed by atoms with Crippen molar-refractivity contribution < 1.29 is 0 Å². The van der Waals surface area contributed by atoms with Gasteiger partial charge in [-0.2, -0.15) is 0 Å². The van der Waals surface area contributed by atoms with Crippen molar-refractivity contribution in [2.75, 3.05) is 7.05 Å². The van der Waals surface area contributed by atoms with Crippen LogP contribution >= 0.6 is 0 Å². The predicted molar refractivity (Wildman–Crippen MR) is 72.6 cm³/mol. The summed E-state index contributed by atoms with van der Waals surface area (Å²) in [6, 6.07) is 7.41. The van der Waals surface area contributed by atoms with Crippen LogP contribution in [0, 0.1) is 0 Å². The number of aromatic nitrogens is 2. The van der Waals surface area contributed by atoms with Crippen LogP contribution < -0.4 is 5.32 Å². The van der Waals surface area contributed by atoms with E-state index in [1.165, 1.54) is 29.5 Å². The van der Waals surface area contributed by atoms with Crippen molar-refractivity contribution in [3.63, 3.8) is 0 Å². The van der Waals surface area contributed by atoms with E-state index in [9.17, 15) is 0 Å². The molecule has 0 fully saturated rings. The molecule has 0 spiro atoms. The van der Waals surface area contributed by atoms with Gasteiger partial charge >= 0.3 is 0 Å². The Balaban J connectivity index is 1.86. The molecule has 0 aliphatic heterocycles. The van der Waals surface area contributed by atoms with Gasteiger partial charge in [0, 0.05) is 31.9 Å². The number of aryl methyl sites for hydroxylation is 2. The summed E-state index contributed by atoms with van der Waals surface area (Å²) in [4.78, 5) is 4.39. The second kappa shape index (κ2) is 4.58. The number of imidazole rings is 1. The molecule has 1 aliphatic carbocycles. The van der Waals surface area contributed by atoms with Crippen LogP contribution in [0.1, 0.15) is 35.0 Å². The summed E-state index contributed by atoms with van der Waals surface area (Å²) in [5.41, 5.74) is 4.34. The molecule has 1 aromatic heterocycles. The highest BCUT2D eigenvalue weighted by Crippen LogP contribution is 2.31. The molecule has 94 valence electrons. The number of benzene rings is 1. The van der Waals surface area contributed by atoms with Crippen molar-refractivity contribution in [3.05, 3.63) is 53.1 Å².